The van der Waals surface area contributed by atoms with Crippen LogP contribution in [0.1, 0.15) is 13.3 Å². The lowest BCUT2D eigenvalue weighted by Crippen LogP contribution is -2.16. The Labute approximate surface area is 105 Å². The van der Waals surface area contributed by atoms with E-state index in [0.717, 1.165) is 5.39 Å². The second-order valence-corrected chi connectivity index (χ2v) is 5.76. The summed E-state index contributed by atoms with van der Waals surface area (Å²) in [6, 6.07) is 5.04. The first-order valence-electron chi connectivity index (χ1n) is 5.53. The molecule has 7 heteroatoms. The van der Waals surface area contributed by atoms with Crippen LogP contribution in [0.5, 0.6) is 0 Å². The maximum atomic E-state index is 11.6. The molecule has 1 aromatic heterocycles. The molecule has 0 radical (unpaired) electrons. The summed E-state index contributed by atoms with van der Waals surface area (Å²) in [6.45, 7) is 1.82. The second-order valence-electron chi connectivity index (χ2n) is 3.92. The van der Waals surface area contributed by atoms with Gasteiger partial charge in [-0.2, -0.15) is 0 Å². The number of nitrogens with zero attached hydrogens (tertiary/aromatic N) is 2. The van der Waals surface area contributed by atoms with Gasteiger partial charge in [0.2, 0.25) is 16.0 Å². The molecule has 1 heterocycles. The quantitative estimate of drug-likeness (QED) is 0.870. The number of nitrogens with two attached hydrogens (primary N) is 1. The molecule has 0 unspecified atom stereocenters. The molecule has 0 fully saturated rings. The van der Waals surface area contributed by atoms with Gasteiger partial charge in [0.05, 0.1) is 11.3 Å². The van der Waals surface area contributed by atoms with Gasteiger partial charge >= 0.3 is 0 Å². The molecule has 3 N–H and O–H groups in total. The van der Waals surface area contributed by atoms with Crippen LogP contribution in [0.15, 0.2) is 24.4 Å². The van der Waals surface area contributed by atoms with Crippen LogP contribution in [0.25, 0.3) is 10.9 Å². The van der Waals surface area contributed by atoms with Crippen LogP contribution in [0.4, 0.5) is 11.6 Å². The molecule has 2 aromatic rings. The number of sulfonamides is 1. The van der Waals surface area contributed by atoms with Crippen molar-refractivity contribution in [2.45, 2.75) is 13.3 Å². The molecule has 18 heavy (non-hydrogen) atoms. The highest BCUT2D eigenvalue weighted by Crippen LogP contribution is 2.18. The summed E-state index contributed by atoms with van der Waals surface area (Å²) < 4.78 is 25.8. The third kappa shape index (κ3) is 2.86. The monoisotopic (exact) mass is 266 g/mol. The molecular formula is C11H14N4O2S. The van der Waals surface area contributed by atoms with Crippen LogP contribution in [0, 0.1) is 0 Å². The van der Waals surface area contributed by atoms with Gasteiger partial charge in [-0.1, -0.05) is 6.92 Å². The van der Waals surface area contributed by atoms with E-state index in [0.29, 0.717) is 17.6 Å². The Bertz CT molecular complexity index is 670. The molecule has 0 amide bonds. The zero-order chi connectivity index (χ0) is 13.2. The smallest absolute Gasteiger partial charge is 0.232 e. The Hall–Kier alpha value is -1.89. The first kappa shape index (κ1) is 12.6. The number of nitrogens with one attached hydrogen (secondary N) is 1. The molecule has 0 saturated carbocycles. The fraction of sp³-hybridized carbons (Fsp3) is 0.273. The lowest BCUT2D eigenvalue weighted by molar-refractivity contribution is 0.600. The van der Waals surface area contributed by atoms with Gasteiger partial charge in [-0.3, -0.25) is 4.72 Å². The zero-order valence-electron chi connectivity index (χ0n) is 9.92. The number of anilines is 2. The fourth-order valence-corrected chi connectivity index (χ4v) is 2.74. The molecule has 2 rings (SSSR count). The SMILES string of the molecule is CCCS(=O)(=O)Nc1ccc2nc(N)ncc2c1. The second kappa shape index (κ2) is 4.77. The minimum Gasteiger partial charge on any atom is -0.368 e. The van der Waals surface area contributed by atoms with Crippen LogP contribution in [-0.2, 0) is 10.0 Å². The third-order valence-electron chi connectivity index (χ3n) is 2.34. The van der Waals surface area contributed by atoms with Crippen LogP contribution >= 0.6 is 0 Å². The summed E-state index contributed by atoms with van der Waals surface area (Å²) >= 11 is 0. The predicted octanol–water partition coefficient (Wildman–Crippen LogP) is 1.36. The van der Waals surface area contributed by atoms with E-state index in [1.54, 1.807) is 24.4 Å². The van der Waals surface area contributed by atoms with Crippen molar-refractivity contribution >= 4 is 32.6 Å². The van der Waals surface area contributed by atoms with E-state index in [1.807, 2.05) is 6.92 Å². The normalized spacial score (nSPS) is 11.6. The lowest BCUT2D eigenvalue weighted by Gasteiger charge is -2.07. The summed E-state index contributed by atoms with van der Waals surface area (Å²) in [5.74, 6) is 0.297. The minimum atomic E-state index is -3.28. The highest BCUT2D eigenvalue weighted by Gasteiger charge is 2.09. The van der Waals surface area contributed by atoms with Crippen molar-refractivity contribution in [3.05, 3.63) is 24.4 Å². The molecule has 0 spiro atoms. The van der Waals surface area contributed by atoms with E-state index in [4.69, 9.17) is 5.73 Å². The summed E-state index contributed by atoms with van der Waals surface area (Å²) in [5.41, 5.74) is 6.65. The highest BCUT2D eigenvalue weighted by atomic mass is 32.2. The molecule has 0 aliphatic rings. The molecule has 0 bridgehead atoms. The first-order valence-corrected chi connectivity index (χ1v) is 7.18. The van der Waals surface area contributed by atoms with Gasteiger partial charge in [-0.05, 0) is 24.6 Å². The Morgan fingerprint density at radius 3 is 2.89 bits per heavy atom. The van der Waals surface area contributed by atoms with E-state index in [1.165, 1.54) is 0 Å². The van der Waals surface area contributed by atoms with Crippen molar-refractivity contribution in [2.75, 3.05) is 16.2 Å². The van der Waals surface area contributed by atoms with Gasteiger partial charge in [-0.15, -0.1) is 0 Å². The number of aromatic nitrogens is 2. The van der Waals surface area contributed by atoms with Crippen LogP contribution in [-0.4, -0.2) is 24.1 Å². The maximum Gasteiger partial charge on any atom is 0.232 e. The van der Waals surface area contributed by atoms with Gasteiger partial charge in [-0.25, -0.2) is 18.4 Å². The molecule has 0 saturated heterocycles. The Kier molecular flexibility index (Phi) is 3.33. The molecule has 1 aromatic carbocycles. The largest absolute Gasteiger partial charge is 0.368 e. The van der Waals surface area contributed by atoms with Crippen molar-refractivity contribution in [2.24, 2.45) is 0 Å². The van der Waals surface area contributed by atoms with Crippen molar-refractivity contribution < 1.29 is 8.42 Å². The number of nitrogen functional groups attached to an aromatic ring is 1. The fourth-order valence-electron chi connectivity index (χ4n) is 1.61. The van der Waals surface area contributed by atoms with Gasteiger partial charge in [0.25, 0.3) is 0 Å². The van der Waals surface area contributed by atoms with E-state index in [-0.39, 0.29) is 11.7 Å². The summed E-state index contributed by atoms with van der Waals surface area (Å²) in [6.07, 6.45) is 2.14. The van der Waals surface area contributed by atoms with Crippen molar-refractivity contribution in [3.63, 3.8) is 0 Å². The van der Waals surface area contributed by atoms with Crippen LogP contribution in [0.3, 0.4) is 0 Å². The predicted molar refractivity (Wildman–Crippen MR) is 71.7 cm³/mol. The average Bonchev–Trinajstić information content (AvgIpc) is 2.28. The van der Waals surface area contributed by atoms with E-state index in [9.17, 15) is 8.42 Å². The molecule has 96 valence electrons. The van der Waals surface area contributed by atoms with Gasteiger partial charge in [0.15, 0.2) is 0 Å². The zero-order valence-corrected chi connectivity index (χ0v) is 10.7. The molecule has 6 nitrogen and oxygen atoms in total. The van der Waals surface area contributed by atoms with Crippen LogP contribution in [0.2, 0.25) is 0 Å². The highest BCUT2D eigenvalue weighted by molar-refractivity contribution is 7.92. The Morgan fingerprint density at radius 2 is 2.17 bits per heavy atom. The third-order valence-corrected chi connectivity index (χ3v) is 3.84. The summed E-state index contributed by atoms with van der Waals surface area (Å²) in [5, 5.41) is 0.737. The number of rotatable bonds is 4. The van der Waals surface area contributed by atoms with Gasteiger partial charge in [0.1, 0.15) is 0 Å². The summed E-state index contributed by atoms with van der Waals surface area (Å²) in [4.78, 5) is 7.91. The average molecular weight is 266 g/mol. The summed E-state index contributed by atoms with van der Waals surface area (Å²) in [7, 11) is -3.28. The lowest BCUT2D eigenvalue weighted by atomic mass is 10.2. The van der Waals surface area contributed by atoms with Crippen molar-refractivity contribution in [1.29, 1.82) is 0 Å². The number of fused-ring (bicyclic) bond motifs is 1. The minimum absolute atomic E-state index is 0.100. The molecule has 0 aliphatic heterocycles. The Balaban J connectivity index is 2.33. The number of hydrogen-bond acceptors (Lipinski definition) is 5. The van der Waals surface area contributed by atoms with E-state index >= 15 is 0 Å². The number of hydrogen-bond donors (Lipinski definition) is 2. The maximum absolute atomic E-state index is 11.6. The number of benzene rings is 1. The van der Waals surface area contributed by atoms with Crippen LogP contribution < -0.4 is 10.5 Å². The molecule has 0 aliphatic carbocycles. The molecule has 0 atom stereocenters. The first-order chi connectivity index (χ1) is 8.50. The van der Waals surface area contributed by atoms with Gasteiger partial charge in [0, 0.05) is 17.3 Å². The topological polar surface area (TPSA) is 98.0 Å². The van der Waals surface area contributed by atoms with Crippen molar-refractivity contribution in [1.82, 2.24) is 9.97 Å². The van der Waals surface area contributed by atoms with E-state index < -0.39 is 10.0 Å². The molecular weight excluding hydrogens is 252 g/mol. The standard InChI is InChI=1S/C11H14N4O2S/c1-2-5-18(16,17)15-9-3-4-10-8(6-9)7-13-11(12)14-10/h3-4,6-7,15H,2,5H2,1H3,(H2,12,13,14). The van der Waals surface area contributed by atoms with Gasteiger partial charge < -0.3 is 5.73 Å². The van der Waals surface area contributed by atoms with E-state index in [2.05, 4.69) is 14.7 Å². The van der Waals surface area contributed by atoms with Crippen molar-refractivity contribution in [3.8, 4) is 0 Å². The Morgan fingerprint density at radius 1 is 1.39 bits per heavy atom.